The molecule has 1 aromatic rings. The first-order chi connectivity index (χ1) is 8.09. The molecule has 1 aliphatic rings. The van der Waals surface area contributed by atoms with Gasteiger partial charge in [-0.25, -0.2) is 0 Å². The Hall–Kier alpha value is -1.51. The molecule has 0 fully saturated rings. The van der Waals surface area contributed by atoms with Gasteiger partial charge in [0.2, 0.25) is 0 Å². The number of aliphatic carboxylic acids is 1. The molecular weight excluding hydrogens is 214 g/mol. The van der Waals surface area contributed by atoms with Crippen LogP contribution in [0.1, 0.15) is 31.4 Å². The Balaban J connectivity index is 2.23. The molecule has 0 amide bonds. The number of carboxylic acid groups (broad SMARTS) is 1. The molecule has 0 radical (unpaired) electrons. The van der Waals surface area contributed by atoms with Crippen molar-refractivity contribution < 1.29 is 9.90 Å². The highest BCUT2D eigenvalue weighted by Crippen LogP contribution is 2.32. The fraction of sp³-hybridized carbons (Fsp3) is 0.500. The van der Waals surface area contributed by atoms with Crippen LogP contribution in [0, 0.1) is 0 Å². The fourth-order valence-corrected chi connectivity index (χ4v) is 2.54. The van der Waals surface area contributed by atoms with E-state index in [1.165, 1.54) is 16.8 Å². The second kappa shape index (κ2) is 4.78. The number of rotatable bonds is 4. The number of carbonyl (C=O) groups is 1. The Kier molecular flexibility index (Phi) is 3.36. The molecule has 92 valence electrons. The third kappa shape index (κ3) is 2.43. The number of carboxylic acids is 1. The topological polar surface area (TPSA) is 40.5 Å². The summed E-state index contributed by atoms with van der Waals surface area (Å²) in [4.78, 5) is 13.0. The van der Waals surface area contributed by atoms with E-state index in [0.29, 0.717) is 12.5 Å². The molecule has 2 rings (SSSR count). The number of aryl methyl sites for hydroxylation is 1. The fourth-order valence-electron chi connectivity index (χ4n) is 2.54. The largest absolute Gasteiger partial charge is 0.481 e. The maximum Gasteiger partial charge on any atom is 0.303 e. The summed E-state index contributed by atoms with van der Waals surface area (Å²) in [5.74, 6) is -0.721. The van der Waals surface area contributed by atoms with Gasteiger partial charge >= 0.3 is 5.97 Å². The van der Waals surface area contributed by atoms with Gasteiger partial charge in [0.1, 0.15) is 0 Å². The molecule has 0 aliphatic carbocycles. The van der Waals surface area contributed by atoms with Crippen molar-refractivity contribution in [3.8, 4) is 0 Å². The second-order valence-electron chi connectivity index (χ2n) is 4.85. The van der Waals surface area contributed by atoms with E-state index in [-0.39, 0.29) is 6.42 Å². The van der Waals surface area contributed by atoms with E-state index in [0.717, 1.165) is 13.0 Å². The van der Waals surface area contributed by atoms with Crippen LogP contribution in [0.25, 0.3) is 0 Å². The summed E-state index contributed by atoms with van der Waals surface area (Å²) >= 11 is 0. The summed E-state index contributed by atoms with van der Waals surface area (Å²) in [7, 11) is 0. The van der Waals surface area contributed by atoms with E-state index in [9.17, 15) is 4.79 Å². The SMILES string of the molecule is CC(C)N1CCc2c(CCC(=O)O)cccc21. The number of nitrogens with zero attached hydrogens (tertiary/aromatic N) is 1. The number of benzene rings is 1. The molecule has 17 heavy (non-hydrogen) atoms. The minimum Gasteiger partial charge on any atom is -0.481 e. The van der Waals surface area contributed by atoms with Crippen molar-refractivity contribution in [2.45, 2.75) is 39.2 Å². The van der Waals surface area contributed by atoms with Crippen molar-refractivity contribution >= 4 is 11.7 Å². The molecule has 0 atom stereocenters. The highest BCUT2D eigenvalue weighted by molar-refractivity contribution is 5.68. The summed E-state index contributed by atoms with van der Waals surface area (Å²) in [5.41, 5.74) is 3.85. The molecule has 1 heterocycles. The second-order valence-corrected chi connectivity index (χ2v) is 4.85. The molecule has 0 unspecified atom stereocenters. The first-order valence-electron chi connectivity index (χ1n) is 6.19. The Bertz CT molecular complexity index is 426. The Morgan fingerprint density at radius 1 is 1.47 bits per heavy atom. The molecule has 3 nitrogen and oxygen atoms in total. The van der Waals surface area contributed by atoms with Crippen molar-refractivity contribution in [1.82, 2.24) is 0 Å². The van der Waals surface area contributed by atoms with Gasteiger partial charge in [0.25, 0.3) is 0 Å². The van der Waals surface area contributed by atoms with Gasteiger partial charge in [-0.15, -0.1) is 0 Å². The van der Waals surface area contributed by atoms with Gasteiger partial charge in [-0.1, -0.05) is 12.1 Å². The van der Waals surface area contributed by atoms with Crippen molar-refractivity contribution in [3.63, 3.8) is 0 Å². The van der Waals surface area contributed by atoms with E-state index < -0.39 is 5.97 Å². The van der Waals surface area contributed by atoms with Crippen LogP contribution in [0.5, 0.6) is 0 Å². The van der Waals surface area contributed by atoms with Crippen LogP contribution in [-0.2, 0) is 17.6 Å². The predicted molar refractivity (Wildman–Crippen MR) is 68.6 cm³/mol. The average molecular weight is 233 g/mol. The molecule has 1 N–H and O–H groups in total. The molecule has 1 aromatic carbocycles. The molecule has 0 spiro atoms. The maximum absolute atomic E-state index is 10.6. The van der Waals surface area contributed by atoms with Gasteiger partial charge in [-0.05, 0) is 43.9 Å². The lowest BCUT2D eigenvalue weighted by Crippen LogP contribution is -2.28. The van der Waals surface area contributed by atoms with Crippen LogP contribution in [0.2, 0.25) is 0 Å². The summed E-state index contributed by atoms with van der Waals surface area (Å²) in [6.07, 6.45) is 1.91. The minimum atomic E-state index is -0.721. The van der Waals surface area contributed by atoms with Crippen molar-refractivity contribution in [2.24, 2.45) is 0 Å². The average Bonchev–Trinajstić information content (AvgIpc) is 2.70. The number of fused-ring (bicyclic) bond motifs is 1. The molecule has 0 aromatic heterocycles. The van der Waals surface area contributed by atoms with Gasteiger partial charge in [0, 0.05) is 24.7 Å². The van der Waals surface area contributed by atoms with Crippen LogP contribution in [0.15, 0.2) is 18.2 Å². The Morgan fingerprint density at radius 2 is 2.24 bits per heavy atom. The minimum absolute atomic E-state index is 0.220. The Morgan fingerprint density at radius 3 is 2.88 bits per heavy atom. The zero-order valence-electron chi connectivity index (χ0n) is 10.4. The van der Waals surface area contributed by atoms with Crippen LogP contribution in [0.4, 0.5) is 5.69 Å². The molecular formula is C14H19NO2. The van der Waals surface area contributed by atoms with Crippen LogP contribution in [-0.4, -0.2) is 23.7 Å². The van der Waals surface area contributed by atoms with Gasteiger partial charge in [-0.3, -0.25) is 4.79 Å². The van der Waals surface area contributed by atoms with E-state index in [1.807, 2.05) is 6.07 Å². The van der Waals surface area contributed by atoms with Crippen LogP contribution >= 0.6 is 0 Å². The summed E-state index contributed by atoms with van der Waals surface area (Å²) in [5, 5.41) is 8.75. The van der Waals surface area contributed by atoms with Gasteiger partial charge in [-0.2, -0.15) is 0 Å². The van der Waals surface area contributed by atoms with Crippen molar-refractivity contribution in [1.29, 1.82) is 0 Å². The zero-order chi connectivity index (χ0) is 12.4. The lowest BCUT2D eigenvalue weighted by Gasteiger charge is -2.24. The normalized spacial score (nSPS) is 14.2. The predicted octanol–water partition coefficient (Wildman–Crippen LogP) is 2.47. The lowest BCUT2D eigenvalue weighted by molar-refractivity contribution is -0.136. The monoisotopic (exact) mass is 233 g/mol. The highest BCUT2D eigenvalue weighted by atomic mass is 16.4. The summed E-state index contributed by atoms with van der Waals surface area (Å²) in [6.45, 7) is 5.44. The van der Waals surface area contributed by atoms with E-state index in [1.54, 1.807) is 0 Å². The molecule has 1 aliphatic heterocycles. The Labute approximate surface area is 102 Å². The van der Waals surface area contributed by atoms with Gasteiger partial charge in [0.05, 0.1) is 0 Å². The van der Waals surface area contributed by atoms with Crippen LogP contribution < -0.4 is 4.90 Å². The highest BCUT2D eigenvalue weighted by Gasteiger charge is 2.23. The molecule has 0 saturated carbocycles. The lowest BCUT2D eigenvalue weighted by atomic mass is 10.0. The molecule has 0 saturated heterocycles. The third-order valence-electron chi connectivity index (χ3n) is 3.39. The molecule has 0 bridgehead atoms. The first kappa shape index (κ1) is 12.0. The number of hydrogen-bond donors (Lipinski definition) is 1. The number of anilines is 1. The van der Waals surface area contributed by atoms with Crippen LogP contribution in [0.3, 0.4) is 0 Å². The van der Waals surface area contributed by atoms with Gasteiger partial charge < -0.3 is 10.0 Å². The van der Waals surface area contributed by atoms with Gasteiger partial charge in [0.15, 0.2) is 0 Å². The van der Waals surface area contributed by atoms with E-state index in [4.69, 9.17) is 5.11 Å². The standard InChI is InChI=1S/C14H19NO2/c1-10(2)15-9-8-12-11(6-7-14(16)17)4-3-5-13(12)15/h3-5,10H,6-9H2,1-2H3,(H,16,17). The smallest absolute Gasteiger partial charge is 0.303 e. The first-order valence-corrected chi connectivity index (χ1v) is 6.19. The maximum atomic E-state index is 10.6. The molecule has 3 heteroatoms. The van der Waals surface area contributed by atoms with E-state index in [2.05, 4.69) is 30.9 Å². The quantitative estimate of drug-likeness (QED) is 0.868. The summed E-state index contributed by atoms with van der Waals surface area (Å²) < 4.78 is 0. The third-order valence-corrected chi connectivity index (χ3v) is 3.39. The summed E-state index contributed by atoms with van der Waals surface area (Å²) in [6, 6.07) is 6.75. The number of hydrogen-bond acceptors (Lipinski definition) is 2. The van der Waals surface area contributed by atoms with Crippen molar-refractivity contribution in [2.75, 3.05) is 11.4 Å². The zero-order valence-corrected chi connectivity index (χ0v) is 10.4. The van der Waals surface area contributed by atoms with Crippen molar-refractivity contribution in [3.05, 3.63) is 29.3 Å². The van der Waals surface area contributed by atoms with E-state index >= 15 is 0 Å².